The van der Waals surface area contributed by atoms with E-state index in [0.717, 1.165) is 4.47 Å². The highest BCUT2D eigenvalue weighted by molar-refractivity contribution is 9.10. The van der Waals surface area contributed by atoms with Gasteiger partial charge < -0.3 is 0 Å². The van der Waals surface area contributed by atoms with Crippen molar-refractivity contribution in [1.29, 1.82) is 0 Å². The molecule has 1 aromatic carbocycles. The molecule has 96 valence electrons. The molecule has 1 N–H and O–H groups in total. The van der Waals surface area contributed by atoms with Crippen LogP contribution >= 0.6 is 27.5 Å². The van der Waals surface area contributed by atoms with Crippen LogP contribution in [-0.4, -0.2) is 19.9 Å². The smallest absolute Gasteiger partial charge is 0.243 e. The third kappa shape index (κ3) is 2.51. The van der Waals surface area contributed by atoms with Gasteiger partial charge in [0, 0.05) is 22.6 Å². The number of hydrogen-bond donors (Lipinski definition) is 1. The van der Waals surface area contributed by atoms with Crippen LogP contribution < -0.4 is 4.72 Å². The van der Waals surface area contributed by atoms with Gasteiger partial charge in [0.05, 0.1) is 10.5 Å². The van der Waals surface area contributed by atoms with Crippen molar-refractivity contribution in [2.75, 3.05) is 6.54 Å². The van der Waals surface area contributed by atoms with E-state index in [9.17, 15) is 8.42 Å². The summed E-state index contributed by atoms with van der Waals surface area (Å²) >= 11 is 9.47. The summed E-state index contributed by atoms with van der Waals surface area (Å²) < 4.78 is 27.1. The molecule has 0 aliphatic rings. The molecule has 0 fully saturated rings. The van der Waals surface area contributed by atoms with Gasteiger partial charge >= 0.3 is 0 Å². The number of hydrogen-bond acceptors (Lipinski definition) is 3. The highest BCUT2D eigenvalue weighted by Crippen LogP contribution is 2.30. The maximum absolute atomic E-state index is 11.9. The molecule has 4 nitrogen and oxygen atoms in total. The number of fused-ring (bicyclic) bond motifs is 1. The van der Waals surface area contributed by atoms with Crippen LogP contribution in [0, 0.1) is 0 Å². The van der Waals surface area contributed by atoms with E-state index in [2.05, 4.69) is 25.6 Å². The highest BCUT2D eigenvalue weighted by atomic mass is 79.9. The van der Waals surface area contributed by atoms with Crippen molar-refractivity contribution in [2.45, 2.75) is 11.8 Å². The third-order valence-corrected chi connectivity index (χ3v) is 4.93. The highest BCUT2D eigenvalue weighted by Gasteiger charge is 2.19. The van der Waals surface area contributed by atoms with Gasteiger partial charge in [-0.15, -0.1) is 0 Å². The molecule has 2 rings (SSSR count). The first-order chi connectivity index (χ1) is 8.45. The Balaban J connectivity index is 2.69. The summed E-state index contributed by atoms with van der Waals surface area (Å²) in [6.45, 7) is 2.01. The Morgan fingerprint density at radius 2 is 2.17 bits per heavy atom. The first-order valence-corrected chi connectivity index (χ1v) is 7.84. The Hall–Kier alpha value is -0.690. The number of rotatable bonds is 3. The van der Waals surface area contributed by atoms with Gasteiger partial charge in [-0.25, -0.2) is 13.1 Å². The van der Waals surface area contributed by atoms with Gasteiger partial charge in [0.25, 0.3) is 0 Å². The van der Waals surface area contributed by atoms with E-state index in [4.69, 9.17) is 11.6 Å². The van der Waals surface area contributed by atoms with Crippen LogP contribution in [0.25, 0.3) is 10.9 Å². The zero-order chi connectivity index (χ0) is 13.3. The van der Waals surface area contributed by atoms with E-state index >= 15 is 0 Å². The van der Waals surface area contributed by atoms with Gasteiger partial charge in [0.1, 0.15) is 4.90 Å². The van der Waals surface area contributed by atoms with Gasteiger partial charge in [-0.2, -0.15) is 0 Å². The van der Waals surface area contributed by atoms with Gasteiger partial charge in [0.15, 0.2) is 0 Å². The van der Waals surface area contributed by atoms with Crippen LogP contribution in [0.5, 0.6) is 0 Å². The van der Waals surface area contributed by atoms with Crippen molar-refractivity contribution in [3.05, 3.63) is 33.9 Å². The molecular formula is C11H10BrClN2O2S. The number of nitrogens with zero attached hydrogens (tertiary/aromatic N) is 1. The van der Waals surface area contributed by atoms with E-state index in [1.54, 1.807) is 25.1 Å². The van der Waals surface area contributed by atoms with Crippen LogP contribution in [0.3, 0.4) is 0 Å². The Bertz CT molecular complexity index is 704. The van der Waals surface area contributed by atoms with Crippen LogP contribution in [0.15, 0.2) is 33.8 Å². The van der Waals surface area contributed by atoms with E-state index in [0.29, 0.717) is 17.4 Å². The first-order valence-electron chi connectivity index (χ1n) is 5.19. The van der Waals surface area contributed by atoms with E-state index in [-0.39, 0.29) is 9.92 Å². The fourth-order valence-corrected chi connectivity index (χ4v) is 3.51. The molecule has 0 radical (unpaired) electrons. The number of aromatic nitrogens is 1. The molecule has 1 heterocycles. The van der Waals surface area contributed by atoms with Crippen LogP contribution in [0.2, 0.25) is 5.02 Å². The van der Waals surface area contributed by atoms with Crippen molar-refractivity contribution in [1.82, 2.24) is 9.71 Å². The van der Waals surface area contributed by atoms with E-state index in [1.165, 1.54) is 6.20 Å². The van der Waals surface area contributed by atoms with E-state index in [1.807, 2.05) is 0 Å². The minimum absolute atomic E-state index is 0.000777. The summed E-state index contributed by atoms with van der Waals surface area (Å²) in [6, 6.07) is 5.31. The predicted octanol–water partition coefficient (Wildman–Crippen LogP) is 2.95. The fourth-order valence-electron chi connectivity index (χ4n) is 1.57. The summed E-state index contributed by atoms with van der Waals surface area (Å²) in [5, 5.41) is 0.798. The molecule has 2 aromatic rings. The SMILES string of the molecule is CCNS(=O)(=O)c1cnc2cc(Br)ccc2c1Cl. The number of sulfonamides is 1. The normalized spacial score (nSPS) is 11.9. The number of nitrogens with one attached hydrogen (secondary N) is 1. The summed E-state index contributed by atoms with van der Waals surface area (Å²) in [5.41, 5.74) is 0.643. The lowest BCUT2D eigenvalue weighted by Crippen LogP contribution is -2.23. The second-order valence-corrected chi connectivity index (χ2v) is 6.63. The predicted molar refractivity (Wildman–Crippen MR) is 75.3 cm³/mol. The Morgan fingerprint density at radius 3 is 2.83 bits per heavy atom. The van der Waals surface area contributed by atoms with Crippen LogP contribution in [0.1, 0.15) is 6.92 Å². The largest absolute Gasteiger partial charge is 0.255 e. The van der Waals surface area contributed by atoms with Crippen LogP contribution in [-0.2, 0) is 10.0 Å². The lowest BCUT2D eigenvalue weighted by atomic mass is 10.2. The summed E-state index contributed by atoms with van der Waals surface area (Å²) in [7, 11) is -3.60. The van der Waals surface area contributed by atoms with Crippen molar-refractivity contribution < 1.29 is 8.42 Å². The summed E-state index contributed by atoms with van der Waals surface area (Å²) in [4.78, 5) is 4.12. The molecule has 7 heteroatoms. The van der Waals surface area contributed by atoms with Crippen LogP contribution in [0.4, 0.5) is 0 Å². The molecule has 0 amide bonds. The zero-order valence-corrected chi connectivity index (χ0v) is 12.6. The topological polar surface area (TPSA) is 59.1 Å². The summed E-state index contributed by atoms with van der Waals surface area (Å²) in [5.74, 6) is 0. The van der Waals surface area contributed by atoms with Gasteiger partial charge in [-0.1, -0.05) is 40.5 Å². The standard InChI is InChI=1S/C11H10BrClN2O2S/c1-2-15-18(16,17)10-6-14-9-5-7(12)3-4-8(9)11(10)13/h3-6,15H,2H2,1H3. The molecule has 0 aliphatic heterocycles. The van der Waals surface area contributed by atoms with E-state index < -0.39 is 10.0 Å². The quantitative estimate of drug-likeness (QED) is 0.927. The minimum Gasteiger partial charge on any atom is -0.255 e. The van der Waals surface area contributed by atoms with Crippen molar-refractivity contribution >= 4 is 48.5 Å². The molecule has 18 heavy (non-hydrogen) atoms. The Kier molecular flexibility index (Phi) is 3.91. The lowest BCUT2D eigenvalue weighted by Gasteiger charge is -2.08. The fraction of sp³-hybridized carbons (Fsp3) is 0.182. The average molecular weight is 350 g/mol. The maximum atomic E-state index is 11.9. The average Bonchev–Trinajstić information content (AvgIpc) is 2.28. The van der Waals surface area contributed by atoms with Crippen molar-refractivity contribution in [2.24, 2.45) is 0 Å². The van der Waals surface area contributed by atoms with Gasteiger partial charge in [0.2, 0.25) is 10.0 Å². The van der Waals surface area contributed by atoms with Gasteiger partial charge in [-0.3, -0.25) is 4.98 Å². The second kappa shape index (κ2) is 5.13. The number of benzene rings is 1. The second-order valence-electron chi connectivity index (χ2n) is 3.60. The first kappa shape index (κ1) is 13.7. The zero-order valence-electron chi connectivity index (χ0n) is 9.44. The lowest BCUT2D eigenvalue weighted by molar-refractivity contribution is 0.584. The molecule has 0 spiro atoms. The molecule has 0 saturated carbocycles. The Morgan fingerprint density at radius 1 is 1.44 bits per heavy atom. The molecule has 1 aromatic heterocycles. The molecule has 0 aliphatic carbocycles. The third-order valence-electron chi connectivity index (χ3n) is 2.36. The summed E-state index contributed by atoms with van der Waals surface area (Å²) in [6.07, 6.45) is 1.27. The molecule has 0 atom stereocenters. The minimum atomic E-state index is -3.60. The van der Waals surface area contributed by atoms with Gasteiger partial charge in [-0.05, 0) is 12.1 Å². The number of halogens is 2. The monoisotopic (exact) mass is 348 g/mol. The molecular weight excluding hydrogens is 340 g/mol. The Labute approximate surface area is 119 Å². The van der Waals surface area contributed by atoms with Crippen molar-refractivity contribution in [3.63, 3.8) is 0 Å². The van der Waals surface area contributed by atoms with Crippen molar-refractivity contribution in [3.8, 4) is 0 Å². The molecule has 0 bridgehead atoms. The number of pyridine rings is 1. The molecule has 0 unspecified atom stereocenters. The maximum Gasteiger partial charge on any atom is 0.243 e. The molecule has 0 saturated heterocycles.